The van der Waals surface area contributed by atoms with Gasteiger partial charge in [-0.15, -0.1) is 6.58 Å². The summed E-state index contributed by atoms with van der Waals surface area (Å²) in [5, 5.41) is 3.26. The third-order valence-corrected chi connectivity index (χ3v) is 4.07. The molecular formula is C15H26N2O3. The molecule has 2 heterocycles. The second kappa shape index (κ2) is 6.70. The van der Waals surface area contributed by atoms with Crippen molar-refractivity contribution in [3.05, 3.63) is 12.7 Å². The van der Waals surface area contributed by atoms with Crippen molar-refractivity contribution in [2.45, 2.75) is 38.5 Å². The van der Waals surface area contributed by atoms with E-state index in [-0.39, 0.29) is 17.9 Å². The van der Waals surface area contributed by atoms with Gasteiger partial charge in [0.2, 0.25) is 5.91 Å². The third kappa shape index (κ3) is 3.40. The Hall–Kier alpha value is -0.910. The molecular weight excluding hydrogens is 256 g/mol. The van der Waals surface area contributed by atoms with Crippen LogP contribution in [0.15, 0.2) is 12.7 Å². The number of likely N-dealkylation sites (tertiary alicyclic amines) is 1. The van der Waals surface area contributed by atoms with Crippen molar-refractivity contribution in [2.24, 2.45) is 5.92 Å². The number of hydrogen-bond donors (Lipinski definition) is 1. The molecule has 1 N–H and O–H groups in total. The van der Waals surface area contributed by atoms with E-state index in [4.69, 9.17) is 9.47 Å². The van der Waals surface area contributed by atoms with Gasteiger partial charge in [0, 0.05) is 32.5 Å². The van der Waals surface area contributed by atoms with Crippen LogP contribution in [0, 0.1) is 5.92 Å². The summed E-state index contributed by atoms with van der Waals surface area (Å²) in [6.45, 7) is 11.2. The average Bonchev–Trinajstić information content (AvgIpc) is 2.88. The number of carbonyl (C=O) groups is 1. The van der Waals surface area contributed by atoms with Gasteiger partial charge in [0.1, 0.15) is 0 Å². The average molecular weight is 282 g/mol. The van der Waals surface area contributed by atoms with Gasteiger partial charge in [-0.2, -0.15) is 0 Å². The summed E-state index contributed by atoms with van der Waals surface area (Å²) in [6, 6.07) is -0.146. The molecule has 1 atom stereocenters. The van der Waals surface area contributed by atoms with Crippen molar-refractivity contribution in [1.29, 1.82) is 0 Å². The predicted octanol–water partition coefficient (Wildman–Crippen LogP) is 1.15. The summed E-state index contributed by atoms with van der Waals surface area (Å²) < 4.78 is 11.4. The van der Waals surface area contributed by atoms with E-state index in [1.807, 2.05) is 4.90 Å². The molecule has 0 unspecified atom stereocenters. The molecule has 2 aliphatic heterocycles. The summed E-state index contributed by atoms with van der Waals surface area (Å²) in [4.78, 5) is 14.5. The highest BCUT2D eigenvalue weighted by atomic mass is 16.7. The van der Waals surface area contributed by atoms with Crippen molar-refractivity contribution in [3.63, 3.8) is 0 Å². The number of carbonyl (C=O) groups excluding carboxylic acids is 1. The molecule has 5 heteroatoms. The molecule has 20 heavy (non-hydrogen) atoms. The Morgan fingerprint density at radius 1 is 1.35 bits per heavy atom. The standard InChI is InChI=1S/C15H26N2O3/c1-4-7-16-13(12(2)3)14(18)17-8-5-15(6-9-17)19-10-11-20-15/h4,12-13,16H,1,5-11H2,2-3H3/t13-/m1/s1. The van der Waals surface area contributed by atoms with E-state index in [9.17, 15) is 4.79 Å². The zero-order chi connectivity index (χ0) is 14.6. The second-order valence-electron chi connectivity index (χ2n) is 5.85. The second-order valence-corrected chi connectivity index (χ2v) is 5.85. The van der Waals surface area contributed by atoms with Crippen LogP contribution in [0.25, 0.3) is 0 Å². The van der Waals surface area contributed by atoms with Crippen LogP contribution in [0.3, 0.4) is 0 Å². The molecule has 5 nitrogen and oxygen atoms in total. The lowest BCUT2D eigenvalue weighted by molar-refractivity contribution is -0.188. The van der Waals surface area contributed by atoms with Crippen molar-refractivity contribution in [3.8, 4) is 0 Å². The van der Waals surface area contributed by atoms with Crippen molar-refractivity contribution in [1.82, 2.24) is 10.2 Å². The van der Waals surface area contributed by atoms with Gasteiger partial charge in [0.05, 0.1) is 19.3 Å². The highest BCUT2D eigenvalue weighted by molar-refractivity contribution is 5.82. The molecule has 114 valence electrons. The number of ether oxygens (including phenoxy) is 2. The Labute approximate surface area is 121 Å². The third-order valence-electron chi connectivity index (χ3n) is 4.07. The van der Waals surface area contributed by atoms with Crippen molar-refractivity contribution >= 4 is 5.91 Å². The Balaban J connectivity index is 1.90. The van der Waals surface area contributed by atoms with Crippen LogP contribution in [-0.4, -0.2) is 55.5 Å². The largest absolute Gasteiger partial charge is 0.347 e. The first-order chi connectivity index (χ1) is 9.58. The summed E-state index contributed by atoms with van der Waals surface area (Å²) in [7, 11) is 0. The number of rotatable bonds is 5. The smallest absolute Gasteiger partial charge is 0.239 e. The number of nitrogens with zero attached hydrogens (tertiary/aromatic N) is 1. The van der Waals surface area contributed by atoms with Crippen LogP contribution < -0.4 is 5.32 Å². The van der Waals surface area contributed by atoms with Gasteiger partial charge in [-0.1, -0.05) is 19.9 Å². The molecule has 0 aromatic rings. The number of amides is 1. The van der Waals surface area contributed by atoms with Gasteiger partial charge >= 0.3 is 0 Å². The van der Waals surface area contributed by atoms with E-state index >= 15 is 0 Å². The Morgan fingerprint density at radius 2 is 1.95 bits per heavy atom. The first kappa shape index (κ1) is 15.5. The van der Waals surface area contributed by atoms with Crippen LogP contribution in [0.4, 0.5) is 0 Å². The minimum absolute atomic E-state index is 0.146. The molecule has 2 saturated heterocycles. The van der Waals surface area contributed by atoms with E-state index in [0.29, 0.717) is 32.8 Å². The summed E-state index contributed by atoms with van der Waals surface area (Å²) in [5.74, 6) is 0.0190. The highest BCUT2D eigenvalue weighted by Gasteiger charge is 2.41. The maximum Gasteiger partial charge on any atom is 0.239 e. The van der Waals surface area contributed by atoms with E-state index in [0.717, 1.165) is 12.8 Å². The zero-order valence-corrected chi connectivity index (χ0v) is 12.6. The molecule has 0 aliphatic carbocycles. The normalized spacial score (nSPS) is 23.2. The molecule has 1 spiro atoms. The van der Waals surface area contributed by atoms with Crippen LogP contribution >= 0.6 is 0 Å². The van der Waals surface area contributed by atoms with Gasteiger partial charge in [-0.25, -0.2) is 0 Å². The Bertz CT molecular complexity index is 341. The van der Waals surface area contributed by atoms with Crippen molar-refractivity contribution < 1.29 is 14.3 Å². The first-order valence-corrected chi connectivity index (χ1v) is 7.49. The number of hydrogen-bond acceptors (Lipinski definition) is 4. The fraction of sp³-hybridized carbons (Fsp3) is 0.800. The molecule has 0 aromatic carbocycles. The van der Waals surface area contributed by atoms with E-state index < -0.39 is 5.79 Å². The van der Waals surface area contributed by atoms with Gasteiger partial charge in [-0.05, 0) is 5.92 Å². The number of nitrogens with one attached hydrogen (secondary N) is 1. The molecule has 2 aliphatic rings. The van der Waals surface area contributed by atoms with E-state index in [1.165, 1.54) is 0 Å². The summed E-state index contributed by atoms with van der Waals surface area (Å²) >= 11 is 0. The molecule has 1 amide bonds. The van der Waals surface area contributed by atoms with Gasteiger partial charge in [-0.3, -0.25) is 4.79 Å². The Kier molecular flexibility index (Phi) is 5.18. The topological polar surface area (TPSA) is 50.8 Å². The monoisotopic (exact) mass is 282 g/mol. The van der Waals surface area contributed by atoms with Crippen LogP contribution in [0.5, 0.6) is 0 Å². The molecule has 0 bridgehead atoms. The molecule has 2 fully saturated rings. The van der Waals surface area contributed by atoms with Crippen LogP contribution in [-0.2, 0) is 14.3 Å². The Morgan fingerprint density at radius 3 is 2.45 bits per heavy atom. The van der Waals surface area contributed by atoms with Crippen LogP contribution in [0.2, 0.25) is 0 Å². The van der Waals surface area contributed by atoms with Gasteiger partial charge in [0.25, 0.3) is 0 Å². The molecule has 0 aromatic heterocycles. The lowest BCUT2D eigenvalue weighted by Crippen LogP contribution is -2.54. The maximum atomic E-state index is 12.6. The number of piperidine rings is 1. The lowest BCUT2D eigenvalue weighted by Gasteiger charge is -2.39. The molecule has 0 saturated carbocycles. The lowest BCUT2D eigenvalue weighted by atomic mass is 9.99. The van der Waals surface area contributed by atoms with Crippen LogP contribution in [0.1, 0.15) is 26.7 Å². The molecule has 2 rings (SSSR count). The molecule has 0 radical (unpaired) electrons. The minimum Gasteiger partial charge on any atom is -0.347 e. The maximum absolute atomic E-state index is 12.6. The quantitative estimate of drug-likeness (QED) is 0.769. The summed E-state index contributed by atoms with van der Waals surface area (Å²) in [6.07, 6.45) is 3.32. The highest BCUT2D eigenvalue weighted by Crippen LogP contribution is 2.31. The van der Waals surface area contributed by atoms with Gasteiger partial charge in [0.15, 0.2) is 5.79 Å². The first-order valence-electron chi connectivity index (χ1n) is 7.49. The fourth-order valence-electron chi connectivity index (χ4n) is 2.87. The van der Waals surface area contributed by atoms with Gasteiger partial charge < -0.3 is 19.7 Å². The van der Waals surface area contributed by atoms with Crippen molar-refractivity contribution in [2.75, 3.05) is 32.8 Å². The SMILES string of the molecule is C=CCN[C@@H](C(=O)N1CCC2(CC1)OCCO2)C(C)C. The fourth-order valence-corrected chi connectivity index (χ4v) is 2.87. The van der Waals surface area contributed by atoms with E-state index in [1.54, 1.807) is 6.08 Å². The minimum atomic E-state index is -0.418. The van der Waals surface area contributed by atoms with E-state index in [2.05, 4.69) is 25.7 Å². The summed E-state index contributed by atoms with van der Waals surface area (Å²) in [5.41, 5.74) is 0. The zero-order valence-electron chi connectivity index (χ0n) is 12.6. The predicted molar refractivity (Wildman–Crippen MR) is 77.3 cm³/mol.